The van der Waals surface area contributed by atoms with Crippen molar-refractivity contribution in [1.82, 2.24) is 4.98 Å². The Labute approximate surface area is 118 Å². The molecular weight excluding hydrogens is 321 g/mol. The zero-order chi connectivity index (χ0) is 13.0. The number of ether oxygens (including phenoxy) is 1. The number of benzene rings is 1. The molecule has 0 bridgehead atoms. The van der Waals surface area contributed by atoms with E-state index in [-0.39, 0.29) is 12.4 Å². The van der Waals surface area contributed by atoms with E-state index in [2.05, 4.69) is 20.9 Å². The quantitative estimate of drug-likeness (QED) is 0.780. The van der Waals surface area contributed by atoms with Crippen LogP contribution in [0.15, 0.2) is 41.0 Å². The molecule has 0 amide bonds. The highest BCUT2D eigenvalue weighted by atomic mass is 79.9. The molecule has 0 atom stereocenters. The van der Waals surface area contributed by atoms with E-state index in [4.69, 9.17) is 16.3 Å². The lowest BCUT2D eigenvalue weighted by molar-refractivity contribution is 0.298. The fourth-order valence-electron chi connectivity index (χ4n) is 1.39. The van der Waals surface area contributed by atoms with Crippen LogP contribution in [0, 0.1) is 5.82 Å². The van der Waals surface area contributed by atoms with Crippen LogP contribution < -0.4 is 4.74 Å². The van der Waals surface area contributed by atoms with Gasteiger partial charge in [-0.3, -0.25) is 4.98 Å². The summed E-state index contributed by atoms with van der Waals surface area (Å²) in [4.78, 5) is 4.09. The molecule has 2 rings (SSSR count). The van der Waals surface area contributed by atoms with Gasteiger partial charge in [0.05, 0.1) is 17.8 Å². The lowest BCUT2D eigenvalue weighted by Crippen LogP contribution is -1.99. The van der Waals surface area contributed by atoms with E-state index in [9.17, 15) is 4.39 Å². The molecule has 94 valence electrons. The van der Waals surface area contributed by atoms with Crippen molar-refractivity contribution >= 4 is 27.5 Å². The third-order valence-electron chi connectivity index (χ3n) is 2.34. The maximum Gasteiger partial charge on any atom is 0.138 e. The van der Waals surface area contributed by atoms with Crippen LogP contribution in [0.25, 0.3) is 0 Å². The van der Waals surface area contributed by atoms with Gasteiger partial charge in [-0.1, -0.05) is 15.9 Å². The number of nitrogens with zero attached hydrogens (tertiary/aromatic N) is 1. The first-order chi connectivity index (χ1) is 8.69. The molecule has 2 aromatic rings. The Morgan fingerprint density at radius 2 is 2.11 bits per heavy atom. The molecule has 0 N–H and O–H groups in total. The molecule has 0 aliphatic heterocycles. The number of aromatic nitrogens is 1. The highest BCUT2D eigenvalue weighted by molar-refractivity contribution is 9.10. The lowest BCUT2D eigenvalue weighted by Gasteiger charge is -2.07. The molecule has 0 saturated carbocycles. The summed E-state index contributed by atoms with van der Waals surface area (Å²) >= 11 is 8.92. The highest BCUT2D eigenvalue weighted by Crippen LogP contribution is 2.18. The van der Waals surface area contributed by atoms with E-state index in [0.717, 1.165) is 10.2 Å². The van der Waals surface area contributed by atoms with Crippen molar-refractivity contribution in [3.05, 3.63) is 58.1 Å². The van der Waals surface area contributed by atoms with E-state index in [1.54, 1.807) is 30.5 Å². The summed E-state index contributed by atoms with van der Waals surface area (Å²) in [7, 11) is 0. The van der Waals surface area contributed by atoms with Crippen LogP contribution in [0.3, 0.4) is 0 Å². The predicted molar refractivity (Wildman–Crippen MR) is 72.2 cm³/mol. The van der Waals surface area contributed by atoms with Crippen LogP contribution in [-0.4, -0.2) is 4.98 Å². The Hall–Kier alpha value is -1.13. The van der Waals surface area contributed by atoms with Crippen molar-refractivity contribution in [3.8, 4) is 5.75 Å². The molecule has 1 heterocycles. The average molecular weight is 331 g/mol. The molecule has 0 spiro atoms. The molecule has 0 aliphatic carbocycles. The summed E-state index contributed by atoms with van der Waals surface area (Å²) in [5.41, 5.74) is 1.27. The topological polar surface area (TPSA) is 22.1 Å². The SMILES string of the molecule is Fc1ccc(Br)cc1COc1ccc(CCl)nc1. The standard InChI is InChI=1S/C13H10BrClFNO/c14-10-1-4-13(16)9(5-10)8-18-12-3-2-11(6-15)17-7-12/h1-5,7H,6,8H2. The predicted octanol–water partition coefficient (Wildman–Crippen LogP) is 4.30. The number of hydrogen-bond donors (Lipinski definition) is 0. The molecule has 0 aliphatic rings. The molecule has 5 heteroatoms. The summed E-state index contributed by atoms with van der Waals surface area (Å²) in [6.45, 7) is 0.160. The second kappa shape index (κ2) is 6.16. The minimum atomic E-state index is -0.288. The van der Waals surface area contributed by atoms with Gasteiger partial charge in [0.25, 0.3) is 0 Å². The molecule has 0 radical (unpaired) electrons. The lowest BCUT2D eigenvalue weighted by atomic mass is 10.2. The minimum Gasteiger partial charge on any atom is -0.487 e. The summed E-state index contributed by atoms with van der Waals surface area (Å²) in [6, 6.07) is 8.28. The zero-order valence-corrected chi connectivity index (χ0v) is 11.7. The van der Waals surface area contributed by atoms with Gasteiger partial charge in [-0.15, -0.1) is 11.6 Å². The number of halogens is 3. The Morgan fingerprint density at radius 3 is 2.78 bits per heavy atom. The molecular formula is C13H10BrClFNO. The fourth-order valence-corrected chi connectivity index (χ4v) is 1.96. The molecule has 0 saturated heterocycles. The number of pyridine rings is 1. The number of rotatable bonds is 4. The molecule has 1 aromatic carbocycles. The van der Waals surface area contributed by atoms with Crippen LogP contribution in [0.5, 0.6) is 5.75 Å². The average Bonchev–Trinajstić information content (AvgIpc) is 2.40. The maximum absolute atomic E-state index is 13.5. The van der Waals surface area contributed by atoms with Crippen molar-refractivity contribution in [3.63, 3.8) is 0 Å². The summed E-state index contributed by atoms with van der Waals surface area (Å²) in [5.74, 6) is 0.660. The van der Waals surface area contributed by atoms with E-state index in [1.807, 2.05) is 0 Å². The van der Waals surface area contributed by atoms with Gasteiger partial charge < -0.3 is 4.74 Å². The van der Waals surface area contributed by atoms with Crippen molar-refractivity contribution in [1.29, 1.82) is 0 Å². The first-order valence-corrected chi connectivity index (χ1v) is 6.59. The van der Waals surface area contributed by atoms with E-state index >= 15 is 0 Å². The second-order valence-electron chi connectivity index (χ2n) is 3.64. The van der Waals surface area contributed by atoms with Crippen molar-refractivity contribution in [2.45, 2.75) is 12.5 Å². The summed E-state index contributed by atoms with van der Waals surface area (Å²) in [6.07, 6.45) is 1.58. The van der Waals surface area contributed by atoms with Crippen LogP contribution in [0.1, 0.15) is 11.3 Å². The number of alkyl halides is 1. The van der Waals surface area contributed by atoms with Gasteiger partial charge in [0.15, 0.2) is 0 Å². The summed E-state index contributed by atoms with van der Waals surface area (Å²) in [5, 5.41) is 0. The van der Waals surface area contributed by atoms with Gasteiger partial charge in [-0.05, 0) is 30.3 Å². The zero-order valence-electron chi connectivity index (χ0n) is 9.37. The Bertz CT molecular complexity index is 533. The van der Waals surface area contributed by atoms with Crippen molar-refractivity contribution in [2.75, 3.05) is 0 Å². The van der Waals surface area contributed by atoms with Crippen LogP contribution in [0.4, 0.5) is 4.39 Å². The fraction of sp³-hybridized carbons (Fsp3) is 0.154. The molecule has 0 fully saturated rings. The molecule has 0 unspecified atom stereocenters. The smallest absolute Gasteiger partial charge is 0.138 e. The van der Waals surface area contributed by atoms with E-state index in [0.29, 0.717) is 17.2 Å². The van der Waals surface area contributed by atoms with Gasteiger partial charge in [0.1, 0.15) is 18.2 Å². The van der Waals surface area contributed by atoms with Crippen LogP contribution >= 0.6 is 27.5 Å². The van der Waals surface area contributed by atoms with Crippen molar-refractivity contribution in [2.24, 2.45) is 0 Å². The molecule has 1 aromatic heterocycles. The van der Waals surface area contributed by atoms with E-state index in [1.165, 1.54) is 6.07 Å². The second-order valence-corrected chi connectivity index (χ2v) is 4.83. The van der Waals surface area contributed by atoms with Crippen LogP contribution in [0.2, 0.25) is 0 Å². The monoisotopic (exact) mass is 329 g/mol. The maximum atomic E-state index is 13.5. The third-order valence-corrected chi connectivity index (χ3v) is 3.10. The Balaban J connectivity index is 2.04. The first-order valence-electron chi connectivity index (χ1n) is 5.26. The summed E-state index contributed by atoms with van der Waals surface area (Å²) < 4.78 is 19.7. The van der Waals surface area contributed by atoms with Gasteiger partial charge in [0, 0.05) is 10.0 Å². The van der Waals surface area contributed by atoms with Gasteiger partial charge >= 0.3 is 0 Å². The van der Waals surface area contributed by atoms with Crippen LogP contribution in [-0.2, 0) is 12.5 Å². The normalized spacial score (nSPS) is 10.4. The molecule has 2 nitrogen and oxygen atoms in total. The largest absolute Gasteiger partial charge is 0.487 e. The third kappa shape index (κ3) is 3.43. The van der Waals surface area contributed by atoms with Gasteiger partial charge in [-0.25, -0.2) is 4.39 Å². The van der Waals surface area contributed by atoms with Crippen molar-refractivity contribution < 1.29 is 9.13 Å². The van der Waals surface area contributed by atoms with E-state index < -0.39 is 0 Å². The Kier molecular flexibility index (Phi) is 4.55. The number of hydrogen-bond acceptors (Lipinski definition) is 2. The first kappa shape index (κ1) is 13.3. The minimum absolute atomic E-state index is 0.160. The van der Waals surface area contributed by atoms with Gasteiger partial charge in [-0.2, -0.15) is 0 Å². The Morgan fingerprint density at radius 1 is 1.28 bits per heavy atom. The van der Waals surface area contributed by atoms with Gasteiger partial charge in [0.2, 0.25) is 0 Å². The highest BCUT2D eigenvalue weighted by Gasteiger charge is 2.04. The molecule has 18 heavy (non-hydrogen) atoms.